The van der Waals surface area contributed by atoms with Gasteiger partial charge in [-0.1, -0.05) is 60.7 Å². The van der Waals surface area contributed by atoms with Gasteiger partial charge in [0.05, 0.1) is 5.69 Å². The van der Waals surface area contributed by atoms with Crippen molar-refractivity contribution in [2.45, 2.75) is 9.79 Å². The van der Waals surface area contributed by atoms with E-state index in [1.807, 2.05) is 6.07 Å². The van der Waals surface area contributed by atoms with Crippen molar-refractivity contribution in [1.82, 2.24) is 15.0 Å². The second kappa shape index (κ2) is 10.3. The number of hydrogen-bond donors (Lipinski definition) is 5. The van der Waals surface area contributed by atoms with Gasteiger partial charge >= 0.3 is 0 Å². The number of nitrogens with zero attached hydrogens (tertiary/aromatic N) is 3. The lowest BCUT2D eigenvalue weighted by Crippen LogP contribution is -2.10. The van der Waals surface area contributed by atoms with E-state index in [0.29, 0.717) is 5.69 Å². The third-order valence-corrected chi connectivity index (χ3v) is 6.77. The van der Waals surface area contributed by atoms with E-state index in [1.54, 1.807) is 30.3 Å². The number of nitrogens with one attached hydrogen (secondary N) is 2. The molecule has 0 spiro atoms. The molecule has 1 aromatic heterocycles. The molecule has 12 nitrogen and oxygen atoms in total. The summed E-state index contributed by atoms with van der Waals surface area (Å²) in [6, 6.07) is 18.8. The van der Waals surface area contributed by atoms with Gasteiger partial charge in [-0.15, -0.1) is 0 Å². The van der Waals surface area contributed by atoms with Gasteiger partial charge in [-0.05, 0) is 35.4 Å². The maximum atomic E-state index is 12.3. The molecule has 0 saturated carbocycles. The lowest BCUT2D eigenvalue weighted by molar-refractivity contribution is 0.481. The Morgan fingerprint density at radius 2 is 1.27 bits per heavy atom. The van der Waals surface area contributed by atoms with Crippen molar-refractivity contribution in [3.8, 4) is 0 Å². The second-order valence-corrected chi connectivity index (χ2v) is 10.3. The fourth-order valence-electron chi connectivity index (χ4n) is 3.38. The zero-order valence-electron chi connectivity index (χ0n) is 18.8. The summed E-state index contributed by atoms with van der Waals surface area (Å²) in [5, 5.41) is 5.68. The van der Waals surface area contributed by atoms with Crippen molar-refractivity contribution in [3.05, 3.63) is 83.9 Å². The molecule has 0 amide bonds. The van der Waals surface area contributed by atoms with Crippen LogP contribution in [0.25, 0.3) is 12.2 Å². The predicted molar refractivity (Wildman–Crippen MR) is 139 cm³/mol. The average Bonchev–Trinajstić information content (AvgIpc) is 2.82. The van der Waals surface area contributed by atoms with Crippen LogP contribution in [-0.4, -0.2) is 40.9 Å². The Balaban J connectivity index is 1.73. The van der Waals surface area contributed by atoms with Crippen LogP contribution in [0.1, 0.15) is 11.1 Å². The van der Waals surface area contributed by atoms with E-state index < -0.39 is 25.1 Å². The van der Waals surface area contributed by atoms with Crippen LogP contribution >= 0.6 is 0 Å². The summed E-state index contributed by atoms with van der Waals surface area (Å²) in [5.41, 5.74) is 6.51. The quantitative estimate of drug-likeness (QED) is 0.161. The Hall–Kier alpha value is -4.37. The van der Waals surface area contributed by atoms with Gasteiger partial charge in [-0.2, -0.15) is 31.8 Å². The first-order valence-corrected chi connectivity index (χ1v) is 13.3. The van der Waals surface area contributed by atoms with Gasteiger partial charge in [-0.3, -0.25) is 9.11 Å². The van der Waals surface area contributed by atoms with E-state index in [4.69, 9.17) is 5.73 Å². The highest BCUT2D eigenvalue weighted by Gasteiger charge is 2.21. The predicted octanol–water partition coefficient (Wildman–Crippen LogP) is 3.60. The Labute approximate surface area is 212 Å². The molecule has 4 rings (SSSR count). The molecule has 0 unspecified atom stereocenters. The third-order valence-electron chi connectivity index (χ3n) is 4.87. The average molecular weight is 541 g/mol. The lowest BCUT2D eigenvalue weighted by atomic mass is 10.1. The summed E-state index contributed by atoms with van der Waals surface area (Å²) in [7, 11) is -9.32. The van der Waals surface area contributed by atoms with Crippen molar-refractivity contribution >= 4 is 61.6 Å². The molecule has 0 atom stereocenters. The minimum absolute atomic E-state index is 0.0160. The Kier molecular flexibility index (Phi) is 7.17. The highest BCUT2D eigenvalue weighted by molar-refractivity contribution is 7.86. The maximum absolute atomic E-state index is 12.3. The zero-order chi connectivity index (χ0) is 26.6. The van der Waals surface area contributed by atoms with Crippen molar-refractivity contribution < 1.29 is 25.9 Å². The minimum atomic E-state index is -4.80. The molecular weight excluding hydrogens is 520 g/mol. The smallest absolute Gasteiger partial charge is 0.297 e. The summed E-state index contributed by atoms with van der Waals surface area (Å²) in [5.74, 6) is -0.164. The molecule has 37 heavy (non-hydrogen) atoms. The first kappa shape index (κ1) is 25.7. The first-order chi connectivity index (χ1) is 17.5. The van der Waals surface area contributed by atoms with Crippen LogP contribution in [0.2, 0.25) is 0 Å². The molecule has 0 bridgehead atoms. The van der Waals surface area contributed by atoms with Crippen LogP contribution in [-0.2, 0) is 20.2 Å². The summed E-state index contributed by atoms with van der Waals surface area (Å²) in [4.78, 5) is 11.3. The molecule has 3 aromatic carbocycles. The van der Waals surface area contributed by atoms with Crippen LogP contribution < -0.4 is 16.4 Å². The molecule has 0 aliphatic rings. The van der Waals surface area contributed by atoms with Crippen LogP contribution in [0.4, 0.5) is 29.2 Å². The van der Waals surface area contributed by atoms with Crippen molar-refractivity contribution in [1.29, 1.82) is 0 Å². The molecule has 0 radical (unpaired) electrons. The van der Waals surface area contributed by atoms with E-state index in [-0.39, 0.29) is 39.6 Å². The zero-order valence-corrected chi connectivity index (χ0v) is 20.5. The molecule has 0 aliphatic carbocycles. The lowest BCUT2D eigenvalue weighted by Gasteiger charge is -2.13. The Morgan fingerprint density at radius 3 is 1.95 bits per heavy atom. The first-order valence-electron chi connectivity index (χ1n) is 10.5. The van der Waals surface area contributed by atoms with E-state index in [0.717, 1.165) is 0 Å². The van der Waals surface area contributed by atoms with Crippen LogP contribution in [0.5, 0.6) is 0 Å². The van der Waals surface area contributed by atoms with Gasteiger partial charge in [0.1, 0.15) is 9.79 Å². The molecule has 0 aliphatic heterocycles. The number of hydrogen-bond acceptors (Lipinski definition) is 10. The molecule has 1 heterocycles. The number of aromatic nitrogens is 3. The minimum Gasteiger partial charge on any atom is -0.368 e. The molecule has 0 saturated heterocycles. The number of para-hydroxylation sites is 1. The fourth-order valence-corrected chi connectivity index (χ4v) is 4.90. The third kappa shape index (κ3) is 6.45. The number of anilines is 5. The van der Waals surface area contributed by atoms with Gasteiger partial charge in [0.2, 0.25) is 17.8 Å². The van der Waals surface area contributed by atoms with E-state index in [1.165, 1.54) is 48.6 Å². The SMILES string of the molecule is Nc1nc(Nc2ccccc2)nc(Nc2cccc(C=Cc3ccccc3S(=O)(=O)O)c2S(=O)(=O)O)n1. The van der Waals surface area contributed by atoms with Gasteiger partial charge in [0, 0.05) is 5.69 Å². The van der Waals surface area contributed by atoms with Gasteiger partial charge in [0.15, 0.2) is 0 Å². The summed E-state index contributed by atoms with van der Waals surface area (Å²) in [6.45, 7) is 0. The molecule has 0 fully saturated rings. The molecule has 4 aromatic rings. The van der Waals surface area contributed by atoms with Crippen LogP contribution in [0.3, 0.4) is 0 Å². The molecule has 6 N–H and O–H groups in total. The highest BCUT2D eigenvalue weighted by atomic mass is 32.2. The van der Waals surface area contributed by atoms with Crippen molar-refractivity contribution in [3.63, 3.8) is 0 Å². The van der Waals surface area contributed by atoms with E-state index >= 15 is 0 Å². The number of benzene rings is 3. The fraction of sp³-hybridized carbons (Fsp3) is 0. The van der Waals surface area contributed by atoms with E-state index in [9.17, 15) is 25.9 Å². The van der Waals surface area contributed by atoms with Crippen molar-refractivity contribution in [2.75, 3.05) is 16.4 Å². The second-order valence-electron chi connectivity index (χ2n) is 7.50. The number of nitrogens with two attached hydrogens (primary N) is 1. The normalized spacial score (nSPS) is 11.9. The maximum Gasteiger partial charge on any atom is 0.297 e. The standard InChI is InChI=1S/C23H20N6O6S2/c24-21-27-22(25-17-9-2-1-3-10-17)29-23(28-21)26-18-11-6-8-16(20(18)37(33,34)35)14-13-15-7-4-5-12-19(15)36(30,31)32/h1-14H,(H,30,31,32)(H,33,34,35)(H4,24,25,26,27,28,29). The summed E-state index contributed by atoms with van der Waals surface area (Å²) >= 11 is 0. The highest BCUT2D eigenvalue weighted by Crippen LogP contribution is 2.30. The Bertz CT molecular complexity index is 1690. The molecule has 14 heteroatoms. The topological polar surface area (TPSA) is 197 Å². The summed E-state index contributed by atoms with van der Waals surface area (Å²) in [6.07, 6.45) is 2.57. The van der Waals surface area contributed by atoms with Gasteiger partial charge < -0.3 is 16.4 Å². The van der Waals surface area contributed by atoms with Crippen LogP contribution in [0, 0.1) is 0 Å². The van der Waals surface area contributed by atoms with Crippen LogP contribution in [0.15, 0.2) is 82.6 Å². The molecule has 190 valence electrons. The largest absolute Gasteiger partial charge is 0.368 e. The van der Waals surface area contributed by atoms with Gasteiger partial charge in [-0.25, -0.2) is 0 Å². The summed E-state index contributed by atoms with van der Waals surface area (Å²) < 4.78 is 67.4. The van der Waals surface area contributed by atoms with E-state index in [2.05, 4.69) is 25.6 Å². The van der Waals surface area contributed by atoms with Gasteiger partial charge in [0.25, 0.3) is 20.2 Å². The van der Waals surface area contributed by atoms with Crippen molar-refractivity contribution in [2.24, 2.45) is 0 Å². The monoisotopic (exact) mass is 540 g/mol. The Morgan fingerprint density at radius 1 is 0.676 bits per heavy atom. The number of rotatable bonds is 8. The molecular formula is C23H20N6O6S2. The number of nitrogen functional groups attached to an aromatic ring is 1.